The minimum Gasteiger partial charge on any atom is -0.481 e. The number of nitrogen functional groups attached to an aromatic ring is 1. The Bertz CT molecular complexity index is 769. The van der Waals surface area contributed by atoms with Gasteiger partial charge in [0.2, 0.25) is 0 Å². The number of benzene rings is 2. The van der Waals surface area contributed by atoms with Gasteiger partial charge in [-0.2, -0.15) is 0 Å². The van der Waals surface area contributed by atoms with Gasteiger partial charge in [0, 0.05) is 11.6 Å². The molecule has 0 radical (unpaired) electrons. The maximum absolute atomic E-state index is 11.6. The van der Waals surface area contributed by atoms with Crippen molar-refractivity contribution in [3.8, 4) is 11.1 Å². The van der Waals surface area contributed by atoms with Crippen LogP contribution in [0.3, 0.4) is 0 Å². The minimum atomic E-state index is -1.12. The fourth-order valence-electron chi connectivity index (χ4n) is 3.23. The molecule has 4 N–H and O–H groups in total. The van der Waals surface area contributed by atoms with Gasteiger partial charge in [-0.15, -0.1) is 0 Å². The molecule has 0 fully saturated rings. The average molecular weight is 297 g/mol. The first-order valence-corrected chi connectivity index (χ1v) is 6.92. The summed E-state index contributed by atoms with van der Waals surface area (Å²) in [4.78, 5) is 22.7. The van der Waals surface area contributed by atoms with Crippen molar-refractivity contribution >= 4 is 17.6 Å². The highest BCUT2D eigenvalue weighted by atomic mass is 16.4. The second-order valence-corrected chi connectivity index (χ2v) is 5.45. The van der Waals surface area contributed by atoms with E-state index in [4.69, 9.17) is 10.8 Å². The number of anilines is 1. The van der Waals surface area contributed by atoms with E-state index in [1.54, 1.807) is 12.1 Å². The molecule has 1 aliphatic rings. The van der Waals surface area contributed by atoms with E-state index in [1.807, 2.05) is 30.3 Å². The molecule has 3 rings (SSSR count). The third-order valence-electron chi connectivity index (χ3n) is 4.11. The van der Waals surface area contributed by atoms with Gasteiger partial charge >= 0.3 is 11.9 Å². The molecule has 2 atom stereocenters. The molecule has 2 aromatic rings. The number of rotatable bonds is 4. The normalized spacial score (nSPS) is 16.6. The molecule has 0 spiro atoms. The van der Waals surface area contributed by atoms with Gasteiger partial charge in [0.15, 0.2) is 0 Å². The number of aliphatic carboxylic acids is 2. The molecule has 22 heavy (non-hydrogen) atoms. The van der Waals surface area contributed by atoms with Crippen molar-refractivity contribution in [3.63, 3.8) is 0 Å². The summed E-state index contributed by atoms with van der Waals surface area (Å²) in [6, 6.07) is 12.9. The lowest BCUT2D eigenvalue weighted by Gasteiger charge is -2.20. The van der Waals surface area contributed by atoms with Crippen LogP contribution in [0.2, 0.25) is 0 Å². The largest absolute Gasteiger partial charge is 0.481 e. The van der Waals surface area contributed by atoms with Crippen LogP contribution in [0.25, 0.3) is 11.1 Å². The number of nitrogens with two attached hydrogens (primary N) is 1. The molecule has 0 aromatic heterocycles. The molecule has 0 amide bonds. The van der Waals surface area contributed by atoms with E-state index in [9.17, 15) is 14.7 Å². The predicted molar refractivity (Wildman–Crippen MR) is 81.5 cm³/mol. The molecule has 0 bridgehead atoms. The predicted octanol–water partition coefficient (Wildman–Crippen LogP) is 2.56. The van der Waals surface area contributed by atoms with E-state index < -0.39 is 30.2 Å². The molecule has 0 saturated heterocycles. The summed E-state index contributed by atoms with van der Waals surface area (Å²) in [5.74, 6) is -3.76. The maximum atomic E-state index is 11.6. The Labute approximate surface area is 127 Å². The molecule has 2 aromatic carbocycles. The summed E-state index contributed by atoms with van der Waals surface area (Å²) in [5.41, 5.74) is 9.88. The minimum absolute atomic E-state index is 0.428. The fraction of sp³-hybridized carbons (Fsp3) is 0.176. The topological polar surface area (TPSA) is 101 Å². The number of hydrogen-bond acceptors (Lipinski definition) is 3. The molecular formula is C17H15NO4. The number of hydrogen-bond donors (Lipinski definition) is 3. The van der Waals surface area contributed by atoms with Crippen LogP contribution < -0.4 is 5.73 Å². The average Bonchev–Trinajstić information content (AvgIpc) is 2.77. The Morgan fingerprint density at radius 3 is 2.41 bits per heavy atom. The zero-order valence-corrected chi connectivity index (χ0v) is 11.7. The molecule has 112 valence electrons. The van der Waals surface area contributed by atoms with Crippen LogP contribution in [-0.4, -0.2) is 22.2 Å². The Kier molecular flexibility index (Phi) is 3.33. The van der Waals surface area contributed by atoms with Crippen LogP contribution in [0.5, 0.6) is 0 Å². The molecule has 5 heteroatoms. The number of carbonyl (C=O) groups is 2. The monoisotopic (exact) mass is 297 g/mol. The van der Waals surface area contributed by atoms with Gasteiger partial charge in [-0.3, -0.25) is 9.59 Å². The fourth-order valence-corrected chi connectivity index (χ4v) is 3.23. The summed E-state index contributed by atoms with van der Waals surface area (Å²) in [7, 11) is 0. The van der Waals surface area contributed by atoms with Crippen molar-refractivity contribution in [1.29, 1.82) is 0 Å². The Morgan fingerprint density at radius 2 is 1.73 bits per heavy atom. The summed E-state index contributed by atoms with van der Waals surface area (Å²) in [6.45, 7) is 0. The highest BCUT2D eigenvalue weighted by Gasteiger charge is 2.39. The molecule has 0 aliphatic heterocycles. The first-order chi connectivity index (χ1) is 10.5. The van der Waals surface area contributed by atoms with Gasteiger partial charge in [-0.25, -0.2) is 0 Å². The first kappa shape index (κ1) is 14.1. The van der Waals surface area contributed by atoms with Gasteiger partial charge < -0.3 is 15.9 Å². The van der Waals surface area contributed by atoms with E-state index >= 15 is 0 Å². The second-order valence-electron chi connectivity index (χ2n) is 5.45. The van der Waals surface area contributed by atoms with Gasteiger partial charge in [0.1, 0.15) is 0 Å². The zero-order valence-electron chi connectivity index (χ0n) is 11.7. The van der Waals surface area contributed by atoms with Crippen LogP contribution >= 0.6 is 0 Å². The standard InChI is InChI=1S/C17H15NO4/c18-9-5-6-11-10-3-1-2-4-12(10)16(13(11)7-9)14(17(21)22)8-15(19)20/h1-7,14,16H,8,18H2,(H,19,20)(H,21,22)/t14-,16+/m1/s1. The number of carboxylic acid groups (broad SMARTS) is 2. The van der Waals surface area contributed by atoms with Crippen LogP contribution in [0.15, 0.2) is 42.5 Å². The third kappa shape index (κ3) is 2.20. The third-order valence-corrected chi connectivity index (χ3v) is 4.11. The molecule has 0 saturated carbocycles. The molecular weight excluding hydrogens is 282 g/mol. The lowest BCUT2D eigenvalue weighted by Crippen LogP contribution is -2.24. The Hall–Kier alpha value is -2.82. The molecule has 0 heterocycles. The van der Waals surface area contributed by atoms with Gasteiger partial charge in [0.25, 0.3) is 0 Å². The molecule has 5 nitrogen and oxygen atoms in total. The lowest BCUT2D eigenvalue weighted by atomic mass is 9.82. The van der Waals surface area contributed by atoms with Gasteiger partial charge in [-0.1, -0.05) is 30.3 Å². The van der Waals surface area contributed by atoms with Crippen LogP contribution in [0, 0.1) is 5.92 Å². The van der Waals surface area contributed by atoms with Crippen LogP contribution in [-0.2, 0) is 9.59 Å². The molecule has 0 unspecified atom stereocenters. The first-order valence-electron chi connectivity index (χ1n) is 6.92. The SMILES string of the molecule is Nc1ccc2c(c1)[C@@H]([C@@H](CC(=O)O)C(=O)O)c1ccccc1-2. The smallest absolute Gasteiger partial charge is 0.308 e. The van der Waals surface area contributed by atoms with Crippen LogP contribution in [0.1, 0.15) is 23.5 Å². The molecule has 1 aliphatic carbocycles. The van der Waals surface area contributed by atoms with Gasteiger partial charge in [-0.05, 0) is 34.4 Å². The Balaban J connectivity index is 2.20. The van der Waals surface area contributed by atoms with E-state index in [1.165, 1.54) is 0 Å². The zero-order chi connectivity index (χ0) is 15.9. The Morgan fingerprint density at radius 1 is 1.05 bits per heavy atom. The highest BCUT2D eigenvalue weighted by Crippen LogP contribution is 2.49. The maximum Gasteiger partial charge on any atom is 0.308 e. The van der Waals surface area contributed by atoms with Crippen molar-refractivity contribution in [2.24, 2.45) is 5.92 Å². The van der Waals surface area contributed by atoms with Crippen molar-refractivity contribution in [3.05, 3.63) is 53.6 Å². The van der Waals surface area contributed by atoms with E-state index in [0.717, 1.165) is 22.3 Å². The van der Waals surface area contributed by atoms with Crippen molar-refractivity contribution in [2.75, 3.05) is 5.73 Å². The van der Waals surface area contributed by atoms with Crippen molar-refractivity contribution < 1.29 is 19.8 Å². The summed E-state index contributed by atoms with van der Waals surface area (Å²) in [6.07, 6.45) is -0.428. The van der Waals surface area contributed by atoms with E-state index in [-0.39, 0.29) is 0 Å². The van der Waals surface area contributed by atoms with E-state index in [0.29, 0.717) is 5.69 Å². The quantitative estimate of drug-likeness (QED) is 0.753. The van der Waals surface area contributed by atoms with Crippen molar-refractivity contribution in [2.45, 2.75) is 12.3 Å². The van der Waals surface area contributed by atoms with Gasteiger partial charge in [0.05, 0.1) is 12.3 Å². The summed E-state index contributed by atoms with van der Waals surface area (Å²) < 4.78 is 0. The van der Waals surface area contributed by atoms with Crippen molar-refractivity contribution in [1.82, 2.24) is 0 Å². The second kappa shape index (κ2) is 5.18. The lowest BCUT2D eigenvalue weighted by molar-refractivity contribution is -0.148. The number of carboxylic acids is 2. The van der Waals surface area contributed by atoms with Crippen LogP contribution in [0.4, 0.5) is 5.69 Å². The summed E-state index contributed by atoms with van der Waals surface area (Å²) in [5, 5.41) is 18.6. The van der Waals surface area contributed by atoms with E-state index in [2.05, 4.69) is 0 Å². The highest BCUT2D eigenvalue weighted by molar-refractivity contribution is 5.86. The summed E-state index contributed by atoms with van der Waals surface area (Å²) >= 11 is 0. The number of fused-ring (bicyclic) bond motifs is 3.